The average Bonchev–Trinajstić information content (AvgIpc) is 2.43. The van der Waals surface area contributed by atoms with Crippen molar-refractivity contribution < 1.29 is 10.1 Å². The maximum Gasteiger partial charge on any atom is 0.298 e. The van der Waals surface area contributed by atoms with Gasteiger partial charge in [0.25, 0.3) is 5.69 Å². The fraction of sp³-hybridized carbons (Fsp3) is 0.455. The molecule has 7 nitrogen and oxygen atoms in total. The molecule has 1 aromatic rings. The van der Waals surface area contributed by atoms with E-state index in [9.17, 15) is 10.1 Å². The van der Waals surface area contributed by atoms with Gasteiger partial charge in [-0.25, -0.2) is 4.98 Å². The molecule has 0 aliphatic rings. The lowest BCUT2D eigenvalue weighted by Crippen LogP contribution is -2.17. The lowest BCUT2D eigenvalue weighted by atomic mass is 10.2. The van der Waals surface area contributed by atoms with E-state index in [-0.39, 0.29) is 17.2 Å². The minimum Gasteiger partial charge on any atom is -0.409 e. The molecule has 0 fully saturated rings. The molecule has 104 valence electrons. The van der Waals surface area contributed by atoms with Crippen LogP contribution < -0.4 is 5.73 Å². The highest BCUT2D eigenvalue weighted by Crippen LogP contribution is 2.24. The standard InChI is InChI=1S/C11H16N4O3S/c1-3-7(2)6-19-9-5-4-8(15(17)18)10(13-9)11(12)14-16/h4-5,7,16H,3,6H2,1-2H3,(H2,12,14). The van der Waals surface area contributed by atoms with Crippen molar-refractivity contribution in [2.75, 3.05) is 5.75 Å². The van der Waals surface area contributed by atoms with Crippen molar-refractivity contribution in [2.24, 2.45) is 16.8 Å². The zero-order chi connectivity index (χ0) is 14.4. The Morgan fingerprint density at radius 2 is 2.37 bits per heavy atom. The lowest BCUT2D eigenvalue weighted by molar-refractivity contribution is -0.385. The summed E-state index contributed by atoms with van der Waals surface area (Å²) in [4.78, 5) is 14.3. The van der Waals surface area contributed by atoms with Crippen LogP contribution in [0.2, 0.25) is 0 Å². The van der Waals surface area contributed by atoms with Crippen LogP contribution in [-0.2, 0) is 0 Å². The zero-order valence-electron chi connectivity index (χ0n) is 10.7. The Kier molecular flexibility index (Phi) is 5.56. The molecule has 0 amide bonds. The van der Waals surface area contributed by atoms with Crippen LogP contribution in [0.3, 0.4) is 0 Å². The molecular weight excluding hydrogens is 268 g/mol. The number of nitrogens with zero attached hydrogens (tertiary/aromatic N) is 3. The Hall–Kier alpha value is -1.83. The monoisotopic (exact) mass is 284 g/mol. The molecular formula is C11H16N4O3S. The average molecular weight is 284 g/mol. The van der Waals surface area contributed by atoms with Gasteiger partial charge in [-0.2, -0.15) is 0 Å². The van der Waals surface area contributed by atoms with E-state index < -0.39 is 4.92 Å². The largest absolute Gasteiger partial charge is 0.409 e. The minimum absolute atomic E-state index is 0.110. The van der Waals surface area contributed by atoms with Crippen LogP contribution in [-0.4, -0.2) is 26.7 Å². The molecule has 1 aromatic heterocycles. The molecule has 0 saturated carbocycles. The van der Waals surface area contributed by atoms with Gasteiger partial charge >= 0.3 is 0 Å². The molecule has 0 bridgehead atoms. The first-order valence-electron chi connectivity index (χ1n) is 5.75. The lowest BCUT2D eigenvalue weighted by Gasteiger charge is -2.08. The molecule has 0 radical (unpaired) electrons. The van der Waals surface area contributed by atoms with Crippen molar-refractivity contribution in [2.45, 2.75) is 25.3 Å². The number of aromatic nitrogens is 1. The molecule has 0 aliphatic carbocycles. The predicted molar refractivity (Wildman–Crippen MR) is 73.6 cm³/mol. The third-order valence-electron chi connectivity index (χ3n) is 2.61. The topological polar surface area (TPSA) is 115 Å². The third-order valence-corrected chi connectivity index (χ3v) is 3.87. The Bertz CT molecular complexity index is 493. The number of nitrogens with two attached hydrogens (primary N) is 1. The quantitative estimate of drug-likeness (QED) is 0.207. The second kappa shape index (κ2) is 6.93. The summed E-state index contributed by atoms with van der Waals surface area (Å²) in [5, 5.41) is 22.9. The van der Waals surface area contributed by atoms with Gasteiger partial charge in [-0.1, -0.05) is 25.4 Å². The van der Waals surface area contributed by atoms with E-state index in [1.165, 1.54) is 17.8 Å². The van der Waals surface area contributed by atoms with Crippen LogP contribution in [0.5, 0.6) is 0 Å². The number of hydrogen-bond acceptors (Lipinski definition) is 6. The minimum atomic E-state index is -0.608. The Morgan fingerprint density at radius 3 is 2.89 bits per heavy atom. The van der Waals surface area contributed by atoms with E-state index >= 15 is 0 Å². The second-order valence-electron chi connectivity index (χ2n) is 4.08. The van der Waals surface area contributed by atoms with Crippen molar-refractivity contribution >= 4 is 23.3 Å². The highest BCUT2D eigenvalue weighted by molar-refractivity contribution is 7.99. The summed E-state index contributed by atoms with van der Waals surface area (Å²) in [7, 11) is 0. The molecule has 0 aliphatic heterocycles. The maximum absolute atomic E-state index is 10.8. The predicted octanol–water partition coefficient (Wildman–Crippen LogP) is 2.22. The van der Waals surface area contributed by atoms with Gasteiger partial charge in [-0.3, -0.25) is 10.1 Å². The number of thioether (sulfide) groups is 1. The van der Waals surface area contributed by atoms with Crippen molar-refractivity contribution in [1.29, 1.82) is 0 Å². The van der Waals surface area contributed by atoms with Gasteiger partial charge in [0.2, 0.25) is 0 Å². The smallest absolute Gasteiger partial charge is 0.298 e. The highest BCUT2D eigenvalue weighted by atomic mass is 32.2. The van der Waals surface area contributed by atoms with E-state index in [1.807, 2.05) is 0 Å². The van der Waals surface area contributed by atoms with Crippen molar-refractivity contribution in [3.05, 3.63) is 27.9 Å². The first-order valence-corrected chi connectivity index (χ1v) is 6.74. The van der Waals surface area contributed by atoms with Gasteiger partial charge in [-0.05, 0) is 12.0 Å². The fourth-order valence-electron chi connectivity index (χ4n) is 1.24. The number of rotatable bonds is 6. The fourth-order valence-corrected chi connectivity index (χ4v) is 2.25. The molecule has 1 unspecified atom stereocenters. The number of oxime groups is 1. The molecule has 3 N–H and O–H groups in total. The van der Waals surface area contributed by atoms with Crippen LogP contribution in [0.4, 0.5) is 5.69 Å². The van der Waals surface area contributed by atoms with Crippen LogP contribution in [0.1, 0.15) is 26.0 Å². The number of pyridine rings is 1. The molecule has 1 heterocycles. The third kappa shape index (κ3) is 4.09. The van der Waals surface area contributed by atoms with Gasteiger partial charge in [0, 0.05) is 11.8 Å². The van der Waals surface area contributed by atoms with E-state index in [0.717, 1.165) is 12.2 Å². The van der Waals surface area contributed by atoms with E-state index in [1.54, 1.807) is 6.07 Å². The summed E-state index contributed by atoms with van der Waals surface area (Å²) in [6.07, 6.45) is 1.05. The molecule has 19 heavy (non-hydrogen) atoms. The van der Waals surface area contributed by atoms with E-state index in [4.69, 9.17) is 10.9 Å². The van der Waals surface area contributed by atoms with Gasteiger partial charge in [-0.15, -0.1) is 11.8 Å². The first-order chi connectivity index (χ1) is 8.99. The first kappa shape index (κ1) is 15.2. The van der Waals surface area contributed by atoms with E-state index in [0.29, 0.717) is 10.9 Å². The summed E-state index contributed by atoms with van der Waals surface area (Å²) in [6, 6.07) is 2.89. The Morgan fingerprint density at radius 1 is 1.68 bits per heavy atom. The summed E-state index contributed by atoms with van der Waals surface area (Å²) in [5.74, 6) is 1.02. The van der Waals surface area contributed by atoms with Gasteiger partial charge in [0.05, 0.1) is 9.95 Å². The Labute approximate surface area is 115 Å². The van der Waals surface area contributed by atoms with Crippen molar-refractivity contribution in [3.8, 4) is 0 Å². The number of amidine groups is 1. The van der Waals surface area contributed by atoms with Crippen LogP contribution in [0, 0.1) is 16.0 Å². The zero-order valence-corrected chi connectivity index (χ0v) is 11.6. The molecule has 0 spiro atoms. The van der Waals surface area contributed by atoms with Crippen LogP contribution in [0.25, 0.3) is 0 Å². The van der Waals surface area contributed by atoms with Crippen molar-refractivity contribution in [1.82, 2.24) is 4.98 Å². The summed E-state index contributed by atoms with van der Waals surface area (Å²) in [5.41, 5.74) is 5.02. The maximum atomic E-state index is 10.8. The molecule has 1 rings (SSSR count). The molecule has 8 heteroatoms. The Balaban J connectivity index is 3.02. The number of nitro groups is 1. The van der Waals surface area contributed by atoms with Crippen LogP contribution in [0.15, 0.2) is 22.3 Å². The van der Waals surface area contributed by atoms with Gasteiger partial charge in [0.1, 0.15) is 0 Å². The summed E-state index contributed by atoms with van der Waals surface area (Å²) in [6.45, 7) is 4.21. The van der Waals surface area contributed by atoms with Gasteiger partial charge in [0.15, 0.2) is 11.5 Å². The normalized spacial score (nSPS) is 13.3. The molecule has 0 saturated heterocycles. The highest BCUT2D eigenvalue weighted by Gasteiger charge is 2.19. The van der Waals surface area contributed by atoms with Crippen molar-refractivity contribution in [3.63, 3.8) is 0 Å². The summed E-state index contributed by atoms with van der Waals surface area (Å²) >= 11 is 1.49. The molecule has 1 atom stereocenters. The van der Waals surface area contributed by atoms with Crippen LogP contribution >= 0.6 is 11.8 Å². The van der Waals surface area contributed by atoms with E-state index in [2.05, 4.69) is 24.0 Å². The second-order valence-corrected chi connectivity index (χ2v) is 5.12. The summed E-state index contributed by atoms with van der Waals surface area (Å²) < 4.78 is 0. The number of hydrogen-bond donors (Lipinski definition) is 2. The SMILES string of the molecule is CCC(C)CSc1ccc([N+](=O)[O-])c(/C(N)=N/O)n1. The van der Waals surface area contributed by atoms with Gasteiger partial charge < -0.3 is 10.9 Å². The molecule has 0 aromatic carbocycles.